The van der Waals surface area contributed by atoms with Gasteiger partial charge in [-0.3, -0.25) is 0 Å². The molecular formula is C14H18N2O2. The Morgan fingerprint density at radius 1 is 1.33 bits per heavy atom. The van der Waals surface area contributed by atoms with Crippen LogP contribution in [0.3, 0.4) is 0 Å². The number of benzene rings is 1. The first kappa shape index (κ1) is 12.5. The maximum atomic E-state index is 5.61. The van der Waals surface area contributed by atoms with Gasteiger partial charge in [-0.15, -0.1) is 0 Å². The van der Waals surface area contributed by atoms with Gasteiger partial charge >= 0.3 is 0 Å². The van der Waals surface area contributed by atoms with Crippen molar-refractivity contribution in [1.29, 1.82) is 0 Å². The number of nitrogens with two attached hydrogens (primary N) is 1. The highest BCUT2D eigenvalue weighted by Crippen LogP contribution is 2.39. The van der Waals surface area contributed by atoms with Crippen LogP contribution >= 0.6 is 0 Å². The smallest absolute Gasteiger partial charge is 0.173 e. The summed E-state index contributed by atoms with van der Waals surface area (Å²) < 4.78 is 10.8. The predicted molar refractivity (Wildman–Crippen MR) is 71.7 cm³/mol. The normalized spacial score (nSPS) is 10.9. The van der Waals surface area contributed by atoms with E-state index in [4.69, 9.17) is 15.0 Å². The second-order valence-electron chi connectivity index (χ2n) is 4.65. The fraction of sp³-hybridized carbons (Fsp3) is 0.357. The Morgan fingerprint density at radius 3 is 2.56 bits per heavy atom. The van der Waals surface area contributed by atoms with Crippen molar-refractivity contribution in [3.8, 4) is 17.1 Å². The van der Waals surface area contributed by atoms with Crippen molar-refractivity contribution in [2.24, 2.45) is 0 Å². The van der Waals surface area contributed by atoms with Crippen LogP contribution in [0.1, 0.15) is 30.9 Å². The van der Waals surface area contributed by atoms with Gasteiger partial charge in [0.05, 0.1) is 12.7 Å². The molecule has 0 radical (unpaired) electrons. The molecule has 0 aliphatic carbocycles. The number of anilines is 1. The minimum Gasteiger partial charge on any atom is -0.496 e. The number of ether oxygens (including phenoxy) is 1. The molecule has 2 N–H and O–H groups in total. The lowest BCUT2D eigenvalue weighted by molar-refractivity contribution is 0.401. The summed E-state index contributed by atoms with van der Waals surface area (Å²) in [6.45, 7) is 6.28. The second kappa shape index (κ2) is 4.72. The molecule has 1 aromatic carbocycles. The highest BCUT2D eigenvalue weighted by molar-refractivity contribution is 5.73. The summed E-state index contributed by atoms with van der Waals surface area (Å²) in [6.07, 6.45) is 0. The van der Waals surface area contributed by atoms with Gasteiger partial charge in [-0.05, 0) is 24.0 Å². The van der Waals surface area contributed by atoms with Gasteiger partial charge in [-0.2, -0.15) is 0 Å². The first-order chi connectivity index (χ1) is 8.54. The molecule has 4 heteroatoms. The van der Waals surface area contributed by atoms with Gasteiger partial charge < -0.3 is 15.0 Å². The lowest BCUT2D eigenvalue weighted by Gasteiger charge is -2.16. The predicted octanol–water partition coefficient (Wildman–Crippen LogP) is 3.36. The SMILES string of the molecule is COc1c(C(C)C)ccc(C)c1-c1cc(N)no1. The molecule has 0 aliphatic rings. The van der Waals surface area contributed by atoms with E-state index in [9.17, 15) is 0 Å². The molecule has 0 fully saturated rings. The zero-order valence-electron chi connectivity index (χ0n) is 11.2. The summed E-state index contributed by atoms with van der Waals surface area (Å²) >= 11 is 0. The average molecular weight is 246 g/mol. The molecule has 0 atom stereocenters. The zero-order chi connectivity index (χ0) is 13.3. The van der Waals surface area contributed by atoms with Crippen molar-refractivity contribution >= 4 is 5.82 Å². The van der Waals surface area contributed by atoms with Crippen molar-refractivity contribution < 1.29 is 9.26 Å². The summed E-state index contributed by atoms with van der Waals surface area (Å²) in [4.78, 5) is 0. The first-order valence-corrected chi connectivity index (χ1v) is 5.94. The minimum atomic E-state index is 0.375. The average Bonchev–Trinajstić information content (AvgIpc) is 2.74. The minimum absolute atomic E-state index is 0.375. The number of aromatic nitrogens is 1. The van der Waals surface area contributed by atoms with Crippen LogP contribution < -0.4 is 10.5 Å². The molecule has 2 aromatic rings. The highest BCUT2D eigenvalue weighted by atomic mass is 16.5. The Morgan fingerprint density at radius 2 is 2.06 bits per heavy atom. The summed E-state index contributed by atoms with van der Waals surface area (Å²) in [7, 11) is 1.67. The number of hydrogen-bond donors (Lipinski definition) is 1. The molecular weight excluding hydrogens is 228 g/mol. The topological polar surface area (TPSA) is 61.3 Å². The van der Waals surface area contributed by atoms with Gasteiger partial charge in [0.2, 0.25) is 0 Å². The lowest BCUT2D eigenvalue weighted by atomic mass is 9.95. The van der Waals surface area contributed by atoms with Crippen LogP contribution in [-0.2, 0) is 0 Å². The van der Waals surface area contributed by atoms with E-state index >= 15 is 0 Å². The number of methoxy groups -OCH3 is 1. The fourth-order valence-corrected chi connectivity index (χ4v) is 2.08. The summed E-state index contributed by atoms with van der Waals surface area (Å²) in [5.74, 6) is 2.23. The third-order valence-corrected chi connectivity index (χ3v) is 3.00. The Balaban J connectivity index is 2.68. The van der Waals surface area contributed by atoms with E-state index in [2.05, 4.69) is 31.1 Å². The molecule has 0 spiro atoms. The standard InChI is InChI=1S/C14H18N2O2/c1-8(2)10-6-5-9(3)13(14(10)17-4)11-7-12(15)16-18-11/h5-8H,1-4H3,(H2,15,16). The van der Waals surface area contributed by atoms with Crippen LogP contribution in [0.25, 0.3) is 11.3 Å². The van der Waals surface area contributed by atoms with Crippen LogP contribution in [0.4, 0.5) is 5.82 Å². The zero-order valence-corrected chi connectivity index (χ0v) is 11.2. The summed E-state index contributed by atoms with van der Waals surface area (Å²) in [5.41, 5.74) is 8.76. The van der Waals surface area contributed by atoms with Crippen molar-refractivity contribution in [1.82, 2.24) is 5.16 Å². The van der Waals surface area contributed by atoms with E-state index < -0.39 is 0 Å². The van der Waals surface area contributed by atoms with E-state index in [1.807, 2.05) is 6.92 Å². The van der Waals surface area contributed by atoms with Crippen LogP contribution in [0.2, 0.25) is 0 Å². The largest absolute Gasteiger partial charge is 0.496 e. The van der Waals surface area contributed by atoms with E-state index in [0.29, 0.717) is 17.5 Å². The fourth-order valence-electron chi connectivity index (χ4n) is 2.08. The quantitative estimate of drug-likeness (QED) is 0.902. The van der Waals surface area contributed by atoms with Crippen molar-refractivity contribution in [2.45, 2.75) is 26.7 Å². The van der Waals surface area contributed by atoms with Crippen LogP contribution in [0.15, 0.2) is 22.7 Å². The Kier molecular flexibility index (Phi) is 3.28. The highest BCUT2D eigenvalue weighted by Gasteiger charge is 2.18. The molecule has 4 nitrogen and oxygen atoms in total. The molecule has 18 heavy (non-hydrogen) atoms. The van der Waals surface area contributed by atoms with Crippen molar-refractivity contribution in [2.75, 3.05) is 12.8 Å². The number of rotatable bonds is 3. The molecule has 1 aromatic heterocycles. The maximum absolute atomic E-state index is 5.61. The van der Waals surface area contributed by atoms with Gasteiger partial charge in [0.15, 0.2) is 11.6 Å². The number of nitrogen functional groups attached to an aromatic ring is 1. The van der Waals surface area contributed by atoms with E-state index in [1.54, 1.807) is 13.2 Å². The number of aryl methyl sites for hydroxylation is 1. The molecule has 0 amide bonds. The van der Waals surface area contributed by atoms with E-state index in [-0.39, 0.29) is 0 Å². The van der Waals surface area contributed by atoms with E-state index in [1.165, 1.54) is 0 Å². The van der Waals surface area contributed by atoms with Crippen molar-refractivity contribution in [3.63, 3.8) is 0 Å². The number of hydrogen-bond acceptors (Lipinski definition) is 4. The monoisotopic (exact) mass is 246 g/mol. The van der Waals surface area contributed by atoms with Crippen molar-refractivity contribution in [3.05, 3.63) is 29.3 Å². The Bertz CT molecular complexity index is 559. The molecule has 2 rings (SSSR count). The van der Waals surface area contributed by atoms with Gasteiger partial charge in [0, 0.05) is 6.07 Å². The maximum Gasteiger partial charge on any atom is 0.173 e. The third-order valence-electron chi connectivity index (χ3n) is 3.00. The molecule has 0 unspecified atom stereocenters. The molecule has 0 aliphatic heterocycles. The molecule has 0 bridgehead atoms. The van der Waals surface area contributed by atoms with Crippen LogP contribution in [0.5, 0.6) is 5.75 Å². The van der Waals surface area contributed by atoms with Gasteiger partial charge in [0.25, 0.3) is 0 Å². The van der Waals surface area contributed by atoms with Crippen LogP contribution in [-0.4, -0.2) is 12.3 Å². The molecule has 0 saturated carbocycles. The van der Waals surface area contributed by atoms with Crippen LogP contribution in [0, 0.1) is 6.92 Å². The number of nitrogens with zero attached hydrogens (tertiary/aromatic N) is 1. The summed E-state index contributed by atoms with van der Waals surface area (Å²) in [5, 5.41) is 3.73. The molecule has 96 valence electrons. The molecule has 1 heterocycles. The summed E-state index contributed by atoms with van der Waals surface area (Å²) in [6, 6.07) is 5.86. The molecule has 0 saturated heterocycles. The lowest BCUT2D eigenvalue weighted by Crippen LogP contribution is -1.98. The third kappa shape index (κ3) is 2.06. The first-order valence-electron chi connectivity index (χ1n) is 5.94. The second-order valence-corrected chi connectivity index (χ2v) is 4.65. The Labute approximate surface area is 107 Å². The van der Waals surface area contributed by atoms with Gasteiger partial charge in [0.1, 0.15) is 5.75 Å². The van der Waals surface area contributed by atoms with Gasteiger partial charge in [-0.1, -0.05) is 31.1 Å². The van der Waals surface area contributed by atoms with Gasteiger partial charge in [-0.25, -0.2) is 0 Å². The Hall–Kier alpha value is -1.97. The van der Waals surface area contributed by atoms with E-state index in [0.717, 1.165) is 22.4 Å².